The van der Waals surface area contributed by atoms with Gasteiger partial charge in [0.1, 0.15) is 6.04 Å². The molecule has 0 spiro atoms. The van der Waals surface area contributed by atoms with E-state index in [9.17, 15) is 13.2 Å². The quantitative estimate of drug-likeness (QED) is 0.770. The Bertz CT molecular complexity index is 569. The molecule has 0 aromatic heterocycles. The molecule has 19 heavy (non-hydrogen) atoms. The summed E-state index contributed by atoms with van der Waals surface area (Å²) in [5.41, 5.74) is 0.209. The molecule has 1 rings (SSSR count). The number of sulfonamides is 1. The molecule has 0 N–H and O–H groups in total. The zero-order valence-corrected chi connectivity index (χ0v) is 13.3. The largest absolute Gasteiger partial charge is 0.279 e. The standard InChI is InChI=1S/C11H12Cl3NO3S/c1-3-19(17,18)15(7(2)11(14)16)10-5-8(12)4-9(13)6-10/h4-7H,3H2,1-2H3. The molecule has 0 saturated heterocycles. The van der Waals surface area contributed by atoms with Gasteiger partial charge in [-0.15, -0.1) is 0 Å². The fourth-order valence-corrected chi connectivity index (χ4v) is 3.48. The van der Waals surface area contributed by atoms with Crippen molar-refractivity contribution in [2.45, 2.75) is 19.9 Å². The highest BCUT2D eigenvalue weighted by molar-refractivity contribution is 7.92. The van der Waals surface area contributed by atoms with Crippen molar-refractivity contribution in [1.29, 1.82) is 0 Å². The highest BCUT2D eigenvalue weighted by Gasteiger charge is 2.30. The summed E-state index contributed by atoms with van der Waals surface area (Å²) in [4.78, 5) is 11.3. The van der Waals surface area contributed by atoms with Crippen molar-refractivity contribution in [1.82, 2.24) is 0 Å². The maximum Gasteiger partial charge on any atom is 0.245 e. The minimum atomic E-state index is -3.68. The summed E-state index contributed by atoms with van der Waals surface area (Å²) in [6.45, 7) is 2.87. The van der Waals surface area contributed by atoms with E-state index in [2.05, 4.69) is 0 Å². The molecule has 0 fully saturated rings. The van der Waals surface area contributed by atoms with Gasteiger partial charge in [-0.25, -0.2) is 8.42 Å². The topological polar surface area (TPSA) is 54.5 Å². The van der Waals surface area contributed by atoms with Crippen LogP contribution in [-0.2, 0) is 14.8 Å². The average molecular weight is 345 g/mol. The fraction of sp³-hybridized carbons (Fsp3) is 0.364. The van der Waals surface area contributed by atoms with Crippen molar-refractivity contribution in [2.24, 2.45) is 0 Å². The molecule has 0 aliphatic heterocycles. The van der Waals surface area contributed by atoms with Crippen molar-refractivity contribution in [3.8, 4) is 0 Å². The molecule has 0 heterocycles. The Labute approximate surface area is 127 Å². The van der Waals surface area contributed by atoms with Gasteiger partial charge in [0, 0.05) is 10.0 Å². The predicted molar refractivity (Wildman–Crippen MR) is 78.7 cm³/mol. The number of anilines is 1. The lowest BCUT2D eigenvalue weighted by atomic mass is 10.3. The van der Waals surface area contributed by atoms with E-state index in [0.717, 1.165) is 4.31 Å². The van der Waals surface area contributed by atoms with Crippen LogP contribution in [0.5, 0.6) is 0 Å². The van der Waals surface area contributed by atoms with Gasteiger partial charge in [-0.1, -0.05) is 23.2 Å². The molecular weight excluding hydrogens is 333 g/mol. The highest BCUT2D eigenvalue weighted by atomic mass is 35.5. The Morgan fingerprint density at radius 1 is 1.26 bits per heavy atom. The Morgan fingerprint density at radius 2 is 1.74 bits per heavy atom. The van der Waals surface area contributed by atoms with E-state index in [4.69, 9.17) is 34.8 Å². The summed E-state index contributed by atoms with van der Waals surface area (Å²) in [5.74, 6) is -0.175. The van der Waals surface area contributed by atoms with Crippen molar-refractivity contribution in [3.05, 3.63) is 28.2 Å². The third-order valence-corrected chi connectivity index (χ3v) is 5.05. The van der Waals surface area contributed by atoms with Gasteiger partial charge < -0.3 is 0 Å². The van der Waals surface area contributed by atoms with Crippen molar-refractivity contribution < 1.29 is 13.2 Å². The Kier molecular flexibility index (Phi) is 5.50. The lowest BCUT2D eigenvalue weighted by Crippen LogP contribution is -2.42. The van der Waals surface area contributed by atoms with Crippen molar-refractivity contribution >= 4 is 55.8 Å². The number of nitrogens with zero attached hydrogens (tertiary/aromatic N) is 1. The first kappa shape index (κ1) is 16.6. The minimum absolute atomic E-state index is 0.175. The number of halogens is 3. The average Bonchev–Trinajstić information content (AvgIpc) is 2.27. The second kappa shape index (κ2) is 6.31. The zero-order chi connectivity index (χ0) is 14.8. The van der Waals surface area contributed by atoms with E-state index in [1.165, 1.54) is 32.0 Å². The first-order chi connectivity index (χ1) is 8.69. The SMILES string of the molecule is CCS(=O)(=O)N(c1cc(Cl)cc(Cl)c1)C(C)C(=O)Cl. The molecule has 0 amide bonds. The third kappa shape index (κ3) is 3.99. The zero-order valence-electron chi connectivity index (χ0n) is 10.2. The molecule has 4 nitrogen and oxygen atoms in total. The van der Waals surface area contributed by atoms with Crippen LogP contribution in [0.4, 0.5) is 5.69 Å². The van der Waals surface area contributed by atoms with E-state index < -0.39 is 21.3 Å². The smallest absolute Gasteiger partial charge is 0.245 e. The Morgan fingerprint density at radius 3 is 2.11 bits per heavy atom. The van der Waals surface area contributed by atoms with Gasteiger partial charge >= 0.3 is 0 Å². The monoisotopic (exact) mass is 343 g/mol. The lowest BCUT2D eigenvalue weighted by Gasteiger charge is -2.28. The number of carbonyl (C=O) groups is 1. The number of rotatable bonds is 5. The van der Waals surface area contributed by atoms with E-state index in [0.29, 0.717) is 0 Å². The normalized spacial score (nSPS) is 13.1. The second-order valence-corrected chi connectivity index (χ2v) is 7.18. The lowest BCUT2D eigenvalue weighted by molar-refractivity contribution is -0.112. The molecule has 1 unspecified atom stereocenters. The molecule has 0 radical (unpaired) electrons. The summed E-state index contributed by atoms with van der Waals surface area (Å²) in [6, 6.07) is 3.26. The summed E-state index contributed by atoms with van der Waals surface area (Å²) < 4.78 is 25.1. The van der Waals surface area contributed by atoms with E-state index in [-0.39, 0.29) is 21.5 Å². The number of hydrogen-bond donors (Lipinski definition) is 0. The summed E-state index contributed by atoms with van der Waals surface area (Å²) >= 11 is 17.1. The summed E-state index contributed by atoms with van der Waals surface area (Å²) in [7, 11) is -3.68. The van der Waals surface area contributed by atoms with E-state index in [1.54, 1.807) is 0 Å². The van der Waals surface area contributed by atoms with Gasteiger partial charge in [0.15, 0.2) is 0 Å². The van der Waals surface area contributed by atoms with Gasteiger partial charge in [-0.05, 0) is 43.6 Å². The van der Waals surface area contributed by atoms with Crippen LogP contribution in [-0.4, -0.2) is 25.5 Å². The van der Waals surface area contributed by atoms with E-state index in [1.807, 2.05) is 0 Å². The molecule has 0 bridgehead atoms. The van der Waals surface area contributed by atoms with Gasteiger partial charge in [0.25, 0.3) is 0 Å². The maximum absolute atomic E-state index is 12.1. The van der Waals surface area contributed by atoms with Gasteiger partial charge in [-0.3, -0.25) is 9.10 Å². The van der Waals surface area contributed by atoms with Crippen LogP contribution in [0.2, 0.25) is 10.0 Å². The van der Waals surface area contributed by atoms with Crippen LogP contribution in [0.15, 0.2) is 18.2 Å². The second-order valence-electron chi connectivity index (χ2n) is 3.80. The number of benzene rings is 1. The first-order valence-electron chi connectivity index (χ1n) is 5.36. The van der Waals surface area contributed by atoms with Crippen LogP contribution in [0.3, 0.4) is 0 Å². The van der Waals surface area contributed by atoms with Gasteiger partial charge in [0.2, 0.25) is 15.3 Å². The van der Waals surface area contributed by atoms with Crippen molar-refractivity contribution in [3.63, 3.8) is 0 Å². The summed E-state index contributed by atoms with van der Waals surface area (Å²) in [6.07, 6.45) is 0. The molecule has 106 valence electrons. The number of hydrogen-bond acceptors (Lipinski definition) is 3. The van der Waals surface area contributed by atoms with Crippen LogP contribution in [0.1, 0.15) is 13.8 Å². The van der Waals surface area contributed by atoms with Crippen molar-refractivity contribution in [2.75, 3.05) is 10.1 Å². The molecule has 0 saturated carbocycles. The molecule has 8 heteroatoms. The van der Waals surface area contributed by atoms with Crippen LogP contribution in [0.25, 0.3) is 0 Å². The molecular formula is C11H12Cl3NO3S. The molecule has 1 aromatic carbocycles. The van der Waals surface area contributed by atoms with Gasteiger partial charge in [-0.2, -0.15) is 0 Å². The molecule has 0 aliphatic carbocycles. The molecule has 1 atom stereocenters. The van der Waals surface area contributed by atoms with Gasteiger partial charge in [0.05, 0.1) is 11.4 Å². The van der Waals surface area contributed by atoms with E-state index >= 15 is 0 Å². The summed E-state index contributed by atoms with van der Waals surface area (Å²) in [5, 5.41) is -0.242. The minimum Gasteiger partial charge on any atom is -0.279 e. The van der Waals surface area contributed by atoms with Crippen LogP contribution < -0.4 is 4.31 Å². The maximum atomic E-state index is 12.1. The predicted octanol–water partition coefficient (Wildman–Crippen LogP) is 3.30. The first-order valence-corrected chi connectivity index (χ1v) is 8.11. The van der Waals surface area contributed by atoms with Crippen LogP contribution >= 0.6 is 34.8 Å². The van der Waals surface area contributed by atoms with Crippen LogP contribution in [0, 0.1) is 0 Å². The Hall–Kier alpha value is -0.490. The third-order valence-electron chi connectivity index (χ3n) is 2.45. The number of carbonyl (C=O) groups excluding carboxylic acids is 1. The Balaban J connectivity index is 3.43. The fourth-order valence-electron chi connectivity index (χ4n) is 1.52. The molecule has 0 aliphatic rings. The molecule has 1 aromatic rings. The highest BCUT2D eigenvalue weighted by Crippen LogP contribution is 2.29.